The molecule has 0 unspecified atom stereocenters. The second kappa shape index (κ2) is 10.0. The van der Waals surface area contributed by atoms with Crippen LogP contribution < -0.4 is 14.3 Å². The first-order chi connectivity index (χ1) is 15.8. The molecular weight excluding hydrogens is 498 g/mol. The summed E-state index contributed by atoms with van der Waals surface area (Å²) in [5.41, 5.74) is 3.07. The lowest BCUT2D eigenvalue weighted by Gasteiger charge is -2.22. The van der Waals surface area contributed by atoms with Crippen LogP contribution in [-0.2, 0) is 24.8 Å². The van der Waals surface area contributed by atoms with Gasteiger partial charge in [0.25, 0.3) is 10.0 Å². The first-order valence-electron chi connectivity index (χ1n) is 10.1. The number of carbonyl (C=O) groups is 1. The van der Waals surface area contributed by atoms with E-state index in [0.717, 1.165) is 21.7 Å². The van der Waals surface area contributed by atoms with Crippen molar-refractivity contribution < 1.29 is 21.6 Å². The van der Waals surface area contributed by atoms with E-state index in [1.165, 1.54) is 48.5 Å². The van der Waals surface area contributed by atoms with Crippen molar-refractivity contribution in [2.24, 2.45) is 0 Å². The molecule has 0 aliphatic carbocycles. The summed E-state index contributed by atoms with van der Waals surface area (Å²) in [5, 5.41) is 3.02. The Hall–Kier alpha value is -3.08. The minimum absolute atomic E-state index is 0.0163. The Labute approximate surface area is 204 Å². The van der Waals surface area contributed by atoms with Gasteiger partial charge in [0.05, 0.1) is 16.8 Å². The molecule has 0 saturated carbocycles. The third kappa shape index (κ3) is 6.49. The second-order valence-electron chi connectivity index (χ2n) is 7.72. The Morgan fingerprint density at radius 3 is 2.00 bits per heavy atom. The molecule has 180 valence electrons. The van der Waals surface area contributed by atoms with Gasteiger partial charge in [-0.1, -0.05) is 17.7 Å². The van der Waals surface area contributed by atoms with E-state index in [9.17, 15) is 21.6 Å². The lowest BCUT2D eigenvalue weighted by Crippen LogP contribution is -2.37. The minimum Gasteiger partial charge on any atom is -0.325 e. The van der Waals surface area contributed by atoms with Crippen molar-refractivity contribution in [1.82, 2.24) is 0 Å². The zero-order valence-electron chi connectivity index (χ0n) is 18.7. The number of halogens is 1. The zero-order valence-corrected chi connectivity index (χ0v) is 21.1. The van der Waals surface area contributed by atoms with Gasteiger partial charge < -0.3 is 5.32 Å². The van der Waals surface area contributed by atoms with Gasteiger partial charge in [0.2, 0.25) is 15.9 Å². The Bertz CT molecular complexity index is 1410. The standard InChI is InChI=1S/C23H24ClN3O5S2/c1-16-4-7-20(14-17(16)2)26-34(31,32)22-12-8-19(9-13-22)25-23(28)15-27(33(3,29)30)21-10-5-18(24)6-11-21/h4-14,26H,15H2,1-3H3,(H,25,28). The zero-order chi connectivity index (χ0) is 25.1. The normalized spacial score (nSPS) is 11.6. The van der Waals surface area contributed by atoms with Gasteiger partial charge in [-0.2, -0.15) is 0 Å². The number of rotatable bonds is 8. The molecule has 0 heterocycles. The SMILES string of the molecule is Cc1ccc(NS(=O)(=O)c2ccc(NC(=O)CN(c3ccc(Cl)cc3)S(C)(=O)=O)cc2)cc1C. The molecule has 3 aromatic carbocycles. The molecule has 34 heavy (non-hydrogen) atoms. The van der Waals surface area contributed by atoms with Crippen molar-refractivity contribution >= 4 is 54.6 Å². The van der Waals surface area contributed by atoms with Gasteiger partial charge in [-0.15, -0.1) is 0 Å². The summed E-state index contributed by atoms with van der Waals surface area (Å²) in [7, 11) is -7.57. The highest BCUT2D eigenvalue weighted by molar-refractivity contribution is 7.92. The van der Waals surface area contributed by atoms with Crippen molar-refractivity contribution in [1.29, 1.82) is 0 Å². The van der Waals surface area contributed by atoms with Gasteiger partial charge in [0.15, 0.2) is 0 Å². The van der Waals surface area contributed by atoms with Crippen LogP contribution in [0.4, 0.5) is 17.1 Å². The molecule has 0 radical (unpaired) electrons. The van der Waals surface area contributed by atoms with Gasteiger partial charge in [0, 0.05) is 16.4 Å². The largest absolute Gasteiger partial charge is 0.325 e. The number of hydrogen-bond donors (Lipinski definition) is 2. The quantitative estimate of drug-likeness (QED) is 0.462. The number of aryl methyl sites for hydroxylation is 2. The summed E-state index contributed by atoms with van der Waals surface area (Å²) in [5.74, 6) is -0.593. The highest BCUT2D eigenvalue weighted by atomic mass is 35.5. The van der Waals surface area contributed by atoms with E-state index < -0.39 is 32.5 Å². The van der Waals surface area contributed by atoms with Crippen LogP contribution in [0.25, 0.3) is 0 Å². The van der Waals surface area contributed by atoms with Crippen LogP contribution in [0.2, 0.25) is 5.02 Å². The van der Waals surface area contributed by atoms with Crippen LogP contribution in [0.5, 0.6) is 0 Å². The van der Waals surface area contributed by atoms with Crippen LogP contribution in [0.1, 0.15) is 11.1 Å². The maximum absolute atomic E-state index is 12.7. The monoisotopic (exact) mass is 521 g/mol. The molecule has 0 aliphatic heterocycles. The first kappa shape index (κ1) is 25.5. The molecule has 11 heteroatoms. The number of benzene rings is 3. The summed E-state index contributed by atoms with van der Waals surface area (Å²) in [4.78, 5) is 12.5. The molecule has 0 spiro atoms. The van der Waals surface area contributed by atoms with E-state index >= 15 is 0 Å². The van der Waals surface area contributed by atoms with E-state index in [1.807, 2.05) is 19.9 Å². The third-order valence-electron chi connectivity index (χ3n) is 5.01. The molecule has 3 rings (SSSR count). The average Bonchev–Trinajstić information content (AvgIpc) is 2.75. The van der Waals surface area contributed by atoms with Gasteiger partial charge in [0.1, 0.15) is 6.54 Å². The van der Waals surface area contributed by atoms with Crippen LogP contribution in [0.3, 0.4) is 0 Å². The maximum Gasteiger partial charge on any atom is 0.261 e. The Morgan fingerprint density at radius 2 is 1.44 bits per heavy atom. The number of anilines is 3. The van der Waals surface area contributed by atoms with Gasteiger partial charge >= 0.3 is 0 Å². The number of sulfonamides is 2. The molecule has 0 fully saturated rings. The predicted octanol–water partition coefficient (Wildman–Crippen LogP) is 4.16. The molecule has 0 saturated heterocycles. The van der Waals surface area contributed by atoms with E-state index in [2.05, 4.69) is 10.0 Å². The number of carbonyl (C=O) groups excluding carboxylic acids is 1. The number of nitrogens with one attached hydrogen (secondary N) is 2. The van der Waals surface area contributed by atoms with E-state index in [0.29, 0.717) is 22.1 Å². The van der Waals surface area contributed by atoms with Crippen molar-refractivity contribution in [3.8, 4) is 0 Å². The van der Waals surface area contributed by atoms with Crippen molar-refractivity contribution in [2.75, 3.05) is 27.1 Å². The number of nitrogens with zero attached hydrogens (tertiary/aromatic N) is 1. The second-order valence-corrected chi connectivity index (χ2v) is 11.7. The summed E-state index contributed by atoms with van der Waals surface area (Å²) in [6, 6.07) is 16.9. The first-order valence-corrected chi connectivity index (χ1v) is 13.8. The smallest absolute Gasteiger partial charge is 0.261 e. The Balaban J connectivity index is 1.71. The highest BCUT2D eigenvalue weighted by Gasteiger charge is 2.21. The fourth-order valence-corrected chi connectivity index (χ4v) is 5.11. The fourth-order valence-electron chi connectivity index (χ4n) is 3.07. The molecule has 0 bridgehead atoms. The van der Waals surface area contributed by atoms with E-state index in [-0.39, 0.29) is 4.90 Å². The summed E-state index contributed by atoms with van der Waals surface area (Å²) >= 11 is 5.85. The summed E-state index contributed by atoms with van der Waals surface area (Å²) in [6.07, 6.45) is 0.997. The van der Waals surface area contributed by atoms with Gasteiger partial charge in [-0.3, -0.25) is 13.8 Å². The molecule has 8 nitrogen and oxygen atoms in total. The van der Waals surface area contributed by atoms with Crippen molar-refractivity contribution in [3.63, 3.8) is 0 Å². The third-order valence-corrected chi connectivity index (χ3v) is 7.80. The maximum atomic E-state index is 12.7. The molecule has 0 aromatic heterocycles. The van der Waals surface area contributed by atoms with Crippen molar-refractivity contribution in [3.05, 3.63) is 82.9 Å². The lowest BCUT2D eigenvalue weighted by molar-refractivity contribution is -0.114. The molecule has 3 aromatic rings. The molecule has 0 aliphatic rings. The summed E-state index contributed by atoms with van der Waals surface area (Å²) < 4.78 is 53.2. The van der Waals surface area contributed by atoms with Crippen LogP contribution >= 0.6 is 11.6 Å². The molecular formula is C23H24ClN3O5S2. The molecule has 2 N–H and O–H groups in total. The van der Waals surface area contributed by atoms with Gasteiger partial charge in [-0.25, -0.2) is 16.8 Å². The fraction of sp³-hybridized carbons (Fsp3) is 0.174. The van der Waals surface area contributed by atoms with Crippen LogP contribution in [-0.4, -0.2) is 35.5 Å². The topological polar surface area (TPSA) is 113 Å². The van der Waals surface area contributed by atoms with Gasteiger partial charge in [-0.05, 0) is 85.6 Å². The molecule has 1 amide bonds. The lowest BCUT2D eigenvalue weighted by atomic mass is 10.1. The Morgan fingerprint density at radius 1 is 0.853 bits per heavy atom. The predicted molar refractivity (Wildman–Crippen MR) is 135 cm³/mol. The average molecular weight is 522 g/mol. The van der Waals surface area contributed by atoms with E-state index in [1.54, 1.807) is 12.1 Å². The minimum atomic E-state index is -3.83. The van der Waals surface area contributed by atoms with Crippen molar-refractivity contribution in [2.45, 2.75) is 18.7 Å². The summed E-state index contributed by atoms with van der Waals surface area (Å²) in [6.45, 7) is 3.36. The number of amides is 1. The van der Waals surface area contributed by atoms with E-state index in [4.69, 9.17) is 11.6 Å². The van der Waals surface area contributed by atoms with Crippen LogP contribution in [0, 0.1) is 13.8 Å². The van der Waals surface area contributed by atoms with Crippen LogP contribution in [0.15, 0.2) is 71.6 Å². The highest BCUT2D eigenvalue weighted by Crippen LogP contribution is 2.22. The molecule has 0 atom stereocenters. The number of hydrogen-bond acceptors (Lipinski definition) is 5. The Kier molecular flexibility index (Phi) is 7.54.